The minimum absolute atomic E-state index is 0.398. The predicted molar refractivity (Wildman–Crippen MR) is 54.9 cm³/mol. The van der Waals surface area contributed by atoms with Crippen LogP contribution in [0.4, 0.5) is 0 Å². The van der Waals surface area contributed by atoms with E-state index in [0.29, 0.717) is 17.9 Å². The normalized spacial score (nSPS) is 45.5. The van der Waals surface area contributed by atoms with Crippen LogP contribution in [-0.2, 0) is 3.07 Å². The van der Waals surface area contributed by atoms with Gasteiger partial charge in [-0.1, -0.05) is 0 Å². The average molecular weight is 282 g/mol. The van der Waals surface area contributed by atoms with E-state index in [1.54, 1.807) is 0 Å². The maximum atomic E-state index is 8.88. The molecule has 0 heterocycles. The maximum absolute atomic E-state index is 8.88. The van der Waals surface area contributed by atoms with Gasteiger partial charge in [0.2, 0.25) is 0 Å². The fraction of sp³-hybridized carbons (Fsp3) is 1.00. The van der Waals surface area contributed by atoms with Crippen molar-refractivity contribution in [1.82, 2.24) is 0 Å². The standard InChI is InChI=1S/C9H15IO2/c10-12-6-8-3-9(4-8)1-7(2-9)5-11/h7-8,11H,1-6H2. The fourth-order valence-electron chi connectivity index (χ4n) is 3.00. The summed E-state index contributed by atoms with van der Waals surface area (Å²) in [7, 11) is 0. The lowest BCUT2D eigenvalue weighted by Crippen LogP contribution is -2.49. The first-order chi connectivity index (χ1) is 5.78. The van der Waals surface area contributed by atoms with Gasteiger partial charge in [0.15, 0.2) is 0 Å². The van der Waals surface area contributed by atoms with Gasteiger partial charge in [0, 0.05) is 6.61 Å². The van der Waals surface area contributed by atoms with Gasteiger partial charge in [0.05, 0.1) is 6.61 Å². The van der Waals surface area contributed by atoms with Crippen LogP contribution in [0.1, 0.15) is 25.7 Å². The zero-order chi connectivity index (χ0) is 8.60. The van der Waals surface area contributed by atoms with Crippen molar-refractivity contribution in [2.24, 2.45) is 17.3 Å². The summed E-state index contributed by atoms with van der Waals surface area (Å²) < 4.78 is 5.08. The lowest BCUT2D eigenvalue weighted by atomic mass is 9.48. The Bertz CT molecular complexity index is 158. The van der Waals surface area contributed by atoms with Gasteiger partial charge in [0.25, 0.3) is 0 Å². The molecule has 2 fully saturated rings. The second-order valence-corrected chi connectivity index (χ2v) is 5.13. The highest BCUT2D eigenvalue weighted by Crippen LogP contribution is 2.60. The van der Waals surface area contributed by atoms with E-state index in [9.17, 15) is 0 Å². The van der Waals surface area contributed by atoms with Crippen molar-refractivity contribution in [2.45, 2.75) is 25.7 Å². The molecule has 0 unspecified atom stereocenters. The smallest absolute Gasteiger partial charge is 0.109 e. The molecule has 0 aromatic heterocycles. The first-order valence-electron chi connectivity index (χ1n) is 4.62. The van der Waals surface area contributed by atoms with Gasteiger partial charge < -0.3 is 8.17 Å². The predicted octanol–water partition coefficient (Wildman–Crippen LogP) is 2.15. The zero-order valence-electron chi connectivity index (χ0n) is 7.13. The Morgan fingerprint density at radius 3 is 2.33 bits per heavy atom. The molecule has 2 aliphatic rings. The first kappa shape index (κ1) is 9.21. The van der Waals surface area contributed by atoms with Gasteiger partial charge in [-0.25, -0.2) is 0 Å². The van der Waals surface area contributed by atoms with E-state index in [4.69, 9.17) is 8.17 Å². The summed E-state index contributed by atoms with van der Waals surface area (Å²) in [5.74, 6) is 1.42. The SMILES string of the molecule is OCC1CC2(C1)CC(COI)C2. The van der Waals surface area contributed by atoms with E-state index in [2.05, 4.69) is 0 Å². The van der Waals surface area contributed by atoms with Crippen LogP contribution in [0.3, 0.4) is 0 Å². The molecule has 1 spiro atoms. The summed E-state index contributed by atoms with van der Waals surface area (Å²) in [6, 6.07) is 0. The number of hydrogen-bond donors (Lipinski definition) is 1. The van der Waals surface area contributed by atoms with E-state index in [-0.39, 0.29) is 0 Å². The minimum atomic E-state index is 0.398. The highest BCUT2D eigenvalue weighted by molar-refractivity contribution is 14.1. The van der Waals surface area contributed by atoms with E-state index in [0.717, 1.165) is 12.5 Å². The molecule has 0 amide bonds. The van der Waals surface area contributed by atoms with Gasteiger partial charge in [-0.2, -0.15) is 0 Å². The van der Waals surface area contributed by atoms with Crippen molar-refractivity contribution in [3.05, 3.63) is 0 Å². The summed E-state index contributed by atoms with van der Waals surface area (Å²) in [5, 5.41) is 8.88. The highest BCUT2D eigenvalue weighted by Gasteiger charge is 2.52. The number of halogens is 1. The molecular formula is C9H15IO2. The number of rotatable bonds is 3. The highest BCUT2D eigenvalue weighted by atomic mass is 127. The van der Waals surface area contributed by atoms with E-state index < -0.39 is 0 Å². The molecule has 0 atom stereocenters. The van der Waals surface area contributed by atoms with E-state index in [1.807, 2.05) is 23.0 Å². The van der Waals surface area contributed by atoms with Gasteiger partial charge in [-0.3, -0.25) is 0 Å². The average Bonchev–Trinajstić information content (AvgIpc) is 1.91. The molecule has 2 rings (SSSR count). The van der Waals surface area contributed by atoms with Crippen LogP contribution < -0.4 is 0 Å². The molecule has 0 aromatic carbocycles. The maximum Gasteiger partial charge on any atom is 0.109 e. The lowest BCUT2D eigenvalue weighted by Gasteiger charge is -2.57. The zero-order valence-corrected chi connectivity index (χ0v) is 9.29. The summed E-state index contributed by atoms with van der Waals surface area (Å²) in [5.41, 5.74) is 0.646. The van der Waals surface area contributed by atoms with Crippen molar-refractivity contribution >= 4 is 23.0 Å². The van der Waals surface area contributed by atoms with Crippen molar-refractivity contribution < 1.29 is 8.17 Å². The molecular weight excluding hydrogens is 267 g/mol. The second-order valence-electron chi connectivity index (χ2n) is 4.51. The summed E-state index contributed by atoms with van der Waals surface area (Å²) >= 11 is 1.97. The molecule has 1 N–H and O–H groups in total. The van der Waals surface area contributed by atoms with Crippen molar-refractivity contribution in [3.63, 3.8) is 0 Å². The third kappa shape index (κ3) is 1.51. The Kier molecular flexibility index (Phi) is 2.63. The number of aliphatic hydroxyl groups is 1. The quantitative estimate of drug-likeness (QED) is 0.804. The molecule has 0 radical (unpaired) electrons. The van der Waals surface area contributed by atoms with Gasteiger partial charge in [-0.05, 0) is 42.9 Å². The van der Waals surface area contributed by atoms with Crippen LogP contribution in [0.5, 0.6) is 0 Å². The molecule has 70 valence electrons. The Hall–Kier alpha value is 0.650. The van der Waals surface area contributed by atoms with Crippen molar-refractivity contribution in [3.8, 4) is 0 Å². The molecule has 3 heteroatoms. The Morgan fingerprint density at radius 2 is 1.83 bits per heavy atom. The monoisotopic (exact) mass is 282 g/mol. The first-order valence-corrected chi connectivity index (χ1v) is 5.50. The minimum Gasteiger partial charge on any atom is -0.396 e. The van der Waals surface area contributed by atoms with Crippen molar-refractivity contribution in [1.29, 1.82) is 0 Å². The molecule has 12 heavy (non-hydrogen) atoms. The van der Waals surface area contributed by atoms with E-state index in [1.165, 1.54) is 25.7 Å². The topological polar surface area (TPSA) is 29.5 Å². The van der Waals surface area contributed by atoms with Crippen molar-refractivity contribution in [2.75, 3.05) is 13.2 Å². The van der Waals surface area contributed by atoms with Crippen LogP contribution in [-0.4, -0.2) is 18.3 Å². The Balaban J connectivity index is 1.69. The molecule has 2 aliphatic carbocycles. The fourth-order valence-corrected chi connectivity index (χ4v) is 3.51. The molecule has 0 aromatic rings. The number of aliphatic hydroxyl groups excluding tert-OH is 1. The summed E-state index contributed by atoms with van der Waals surface area (Å²) in [4.78, 5) is 0. The largest absolute Gasteiger partial charge is 0.396 e. The van der Waals surface area contributed by atoms with Crippen LogP contribution in [0.15, 0.2) is 0 Å². The second kappa shape index (κ2) is 3.42. The Labute approximate surface area is 87.4 Å². The van der Waals surface area contributed by atoms with Crippen LogP contribution in [0.25, 0.3) is 0 Å². The van der Waals surface area contributed by atoms with Crippen LogP contribution >= 0.6 is 23.0 Å². The third-order valence-corrected chi connectivity index (χ3v) is 3.80. The van der Waals surface area contributed by atoms with E-state index >= 15 is 0 Å². The molecule has 0 bridgehead atoms. The van der Waals surface area contributed by atoms with Gasteiger partial charge in [-0.15, -0.1) is 0 Å². The van der Waals surface area contributed by atoms with Gasteiger partial charge >= 0.3 is 0 Å². The summed E-state index contributed by atoms with van der Waals surface area (Å²) in [6.45, 7) is 1.32. The Morgan fingerprint density at radius 1 is 1.25 bits per heavy atom. The van der Waals surface area contributed by atoms with Gasteiger partial charge in [0.1, 0.15) is 23.0 Å². The molecule has 0 aliphatic heterocycles. The number of hydrogen-bond acceptors (Lipinski definition) is 2. The molecule has 2 saturated carbocycles. The lowest BCUT2D eigenvalue weighted by molar-refractivity contribution is -0.0899. The molecule has 2 nitrogen and oxygen atoms in total. The third-order valence-electron chi connectivity index (χ3n) is 3.44. The summed E-state index contributed by atoms with van der Waals surface area (Å²) in [6.07, 6.45) is 5.21. The molecule has 0 saturated heterocycles. The van der Waals surface area contributed by atoms with Crippen LogP contribution in [0.2, 0.25) is 0 Å². The van der Waals surface area contributed by atoms with Crippen LogP contribution in [0, 0.1) is 17.3 Å².